The average Bonchev–Trinajstić information content (AvgIpc) is 2.25. The zero-order valence-corrected chi connectivity index (χ0v) is 12.6. The fourth-order valence-corrected chi connectivity index (χ4v) is 2.93. The molecule has 0 unspecified atom stereocenters. The summed E-state index contributed by atoms with van der Waals surface area (Å²) in [4.78, 5) is 0. The number of sulfonamides is 1. The van der Waals surface area contributed by atoms with Crippen molar-refractivity contribution in [2.24, 2.45) is 0 Å². The van der Waals surface area contributed by atoms with Crippen molar-refractivity contribution in [2.45, 2.75) is 32.6 Å². The molecule has 0 saturated heterocycles. The number of anilines is 1. The van der Waals surface area contributed by atoms with Gasteiger partial charge in [-0.3, -0.25) is 4.72 Å². The third-order valence-electron chi connectivity index (χ3n) is 2.57. The van der Waals surface area contributed by atoms with Gasteiger partial charge < -0.3 is 0 Å². The van der Waals surface area contributed by atoms with Gasteiger partial charge >= 0.3 is 0 Å². The topological polar surface area (TPSA) is 46.2 Å². The summed E-state index contributed by atoms with van der Waals surface area (Å²) in [5, 5.41) is 0. The highest BCUT2D eigenvalue weighted by Gasteiger charge is 2.14. The lowest BCUT2D eigenvalue weighted by Crippen LogP contribution is -2.17. The maximum absolute atomic E-state index is 11.7. The summed E-state index contributed by atoms with van der Waals surface area (Å²) in [6, 6.07) is 7.47. The number of hydrogen-bond acceptors (Lipinski definition) is 2. The maximum Gasteiger partial charge on any atom is 0.232 e. The standard InChI is InChI=1S/C13H20ClNO2S/c1-13(2,3)11-5-7-12(8-6-11)15-18(16,17)10-4-9-14/h5-8,15H,4,9-10H2,1-3H3. The molecule has 0 fully saturated rings. The van der Waals surface area contributed by atoms with Crippen LogP contribution in [0.25, 0.3) is 0 Å². The van der Waals surface area contributed by atoms with E-state index in [9.17, 15) is 8.42 Å². The first-order valence-electron chi connectivity index (χ1n) is 5.91. The van der Waals surface area contributed by atoms with Crippen LogP contribution in [0.2, 0.25) is 0 Å². The molecule has 0 aliphatic rings. The van der Waals surface area contributed by atoms with Crippen LogP contribution in [0.3, 0.4) is 0 Å². The van der Waals surface area contributed by atoms with Gasteiger partial charge in [-0.1, -0.05) is 32.9 Å². The second-order valence-electron chi connectivity index (χ2n) is 5.29. The van der Waals surface area contributed by atoms with Crippen LogP contribution in [-0.2, 0) is 15.4 Å². The Bertz CT molecular complexity index is 475. The van der Waals surface area contributed by atoms with Crippen LogP contribution in [-0.4, -0.2) is 20.1 Å². The third kappa shape index (κ3) is 4.86. The minimum Gasteiger partial charge on any atom is -0.284 e. The van der Waals surface area contributed by atoms with E-state index in [0.717, 1.165) is 0 Å². The second kappa shape index (κ2) is 5.93. The van der Waals surface area contributed by atoms with Crippen LogP contribution >= 0.6 is 11.6 Å². The van der Waals surface area contributed by atoms with E-state index in [2.05, 4.69) is 25.5 Å². The monoisotopic (exact) mass is 289 g/mol. The highest BCUT2D eigenvalue weighted by Crippen LogP contribution is 2.23. The SMILES string of the molecule is CC(C)(C)c1ccc(NS(=O)(=O)CCCCl)cc1. The van der Waals surface area contributed by atoms with Gasteiger partial charge in [-0.25, -0.2) is 8.42 Å². The van der Waals surface area contributed by atoms with Crippen molar-refractivity contribution in [3.8, 4) is 0 Å². The molecular weight excluding hydrogens is 270 g/mol. The minimum atomic E-state index is -3.28. The Morgan fingerprint density at radius 3 is 2.17 bits per heavy atom. The first-order chi connectivity index (χ1) is 8.24. The Hall–Kier alpha value is -0.740. The molecule has 0 atom stereocenters. The molecule has 1 N–H and O–H groups in total. The molecule has 102 valence electrons. The van der Waals surface area contributed by atoms with Gasteiger partial charge in [-0.05, 0) is 29.5 Å². The van der Waals surface area contributed by atoms with E-state index >= 15 is 0 Å². The molecule has 1 aromatic carbocycles. The zero-order chi connectivity index (χ0) is 13.8. The van der Waals surface area contributed by atoms with Crippen LogP contribution in [0.1, 0.15) is 32.8 Å². The molecule has 0 radical (unpaired) electrons. The molecule has 0 bridgehead atoms. The molecule has 1 aromatic rings. The first kappa shape index (κ1) is 15.3. The first-order valence-corrected chi connectivity index (χ1v) is 8.10. The van der Waals surface area contributed by atoms with Crippen molar-refractivity contribution >= 4 is 27.3 Å². The number of hydrogen-bond donors (Lipinski definition) is 1. The smallest absolute Gasteiger partial charge is 0.232 e. The summed E-state index contributed by atoms with van der Waals surface area (Å²) in [7, 11) is -3.28. The summed E-state index contributed by atoms with van der Waals surface area (Å²) < 4.78 is 25.9. The van der Waals surface area contributed by atoms with E-state index < -0.39 is 10.0 Å². The average molecular weight is 290 g/mol. The van der Waals surface area contributed by atoms with Crippen LogP contribution in [0.4, 0.5) is 5.69 Å². The Balaban J connectivity index is 2.75. The van der Waals surface area contributed by atoms with E-state index in [4.69, 9.17) is 11.6 Å². The largest absolute Gasteiger partial charge is 0.284 e. The quantitative estimate of drug-likeness (QED) is 0.845. The Morgan fingerprint density at radius 1 is 1.17 bits per heavy atom. The van der Waals surface area contributed by atoms with Gasteiger partial charge in [0.05, 0.1) is 5.75 Å². The molecule has 0 aromatic heterocycles. The summed E-state index contributed by atoms with van der Waals surface area (Å²) in [6.45, 7) is 6.35. The van der Waals surface area contributed by atoms with Gasteiger partial charge in [0.1, 0.15) is 0 Å². The lowest BCUT2D eigenvalue weighted by atomic mass is 9.87. The number of halogens is 1. The van der Waals surface area contributed by atoms with Gasteiger partial charge in [0.2, 0.25) is 10.0 Å². The van der Waals surface area contributed by atoms with Crippen LogP contribution < -0.4 is 4.72 Å². The fraction of sp³-hybridized carbons (Fsp3) is 0.538. The van der Waals surface area contributed by atoms with Crippen LogP contribution in [0.15, 0.2) is 24.3 Å². The predicted octanol–water partition coefficient (Wildman–Crippen LogP) is 3.35. The van der Waals surface area contributed by atoms with Gasteiger partial charge in [0.25, 0.3) is 0 Å². The number of benzene rings is 1. The second-order valence-corrected chi connectivity index (χ2v) is 7.51. The molecule has 0 spiro atoms. The van der Waals surface area contributed by atoms with Crippen molar-refractivity contribution in [3.05, 3.63) is 29.8 Å². The van der Waals surface area contributed by atoms with E-state index in [1.54, 1.807) is 12.1 Å². The molecule has 5 heteroatoms. The Labute approximate surface area is 115 Å². The van der Waals surface area contributed by atoms with Gasteiger partial charge in [-0.2, -0.15) is 0 Å². The van der Waals surface area contributed by atoms with Crippen LogP contribution in [0, 0.1) is 0 Å². The van der Waals surface area contributed by atoms with Gasteiger partial charge in [0, 0.05) is 11.6 Å². The van der Waals surface area contributed by atoms with Crippen molar-refractivity contribution < 1.29 is 8.42 Å². The molecule has 0 aliphatic heterocycles. The van der Waals surface area contributed by atoms with Crippen molar-refractivity contribution in [2.75, 3.05) is 16.4 Å². The summed E-state index contributed by atoms with van der Waals surface area (Å²) in [5.41, 5.74) is 1.83. The van der Waals surface area contributed by atoms with E-state index in [1.807, 2.05) is 12.1 Å². The fourth-order valence-electron chi connectivity index (χ4n) is 1.51. The molecular formula is C13H20ClNO2S. The molecule has 0 saturated carbocycles. The number of rotatable bonds is 5. The van der Waals surface area contributed by atoms with Crippen molar-refractivity contribution in [1.82, 2.24) is 0 Å². The van der Waals surface area contributed by atoms with Crippen molar-refractivity contribution in [1.29, 1.82) is 0 Å². The molecule has 3 nitrogen and oxygen atoms in total. The minimum absolute atomic E-state index is 0.0531. The highest BCUT2D eigenvalue weighted by molar-refractivity contribution is 7.92. The molecule has 0 aliphatic carbocycles. The Kier molecular flexibility index (Phi) is 5.05. The van der Waals surface area contributed by atoms with E-state index in [-0.39, 0.29) is 11.2 Å². The Morgan fingerprint density at radius 2 is 1.72 bits per heavy atom. The molecule has 18 heavy (non-hydrogen) atoms. The summed E-state index contributed by atoms with van der Waals surface area (Å²) in [5.74, 6) is 0.404. The van der Waals surface area contributed by atoms with Crippen molar-refractivity contribution in [3.63, 3.8) is 0 Å². The van der Waals surface area contributed by atoms with Gasteiger partial charge in [0.15, 0.2) is 0 Å². The lowest BCUT2D eigenvalue weighted by Gasteiger charge is -2.19. The third-order valence-corrected chi connectivity index (χ3v) is 4.21. The van der Waals surface area contributed by atoms with Gasteiger partial charge in [-0.15, -0.1) is 11.6 Å². The lowest BCUT2D eigenvalue weighted by molar-refractivity contribution is 0.590. The maximum atomic E-state index is 11.7. The highest BCUT2D eigenvalue weighted by atomic mass is 35.5. The summed E-state index contributed by atoms with van der Waals surface area (Å²) >= 11 is 5.49. The number of alkyl halides is 1. The van der Waals surface area contributed by atoms with Crippen LogP contribution in [0.5, 0.6) is 0 Å². The molecule has 0 amide bonds. The zero-order valence-electron chi connectivity index (χ0n) is 11.0. The molecule has 0 heterocycles. The van der Waals surface area contributed by atoms with E-state index in [0.29, 0.717) is 18.0 Å². The number of nitrogens with one attached hydrogen (secondary N) is 1. The van der Waals surface area contributed by atoms with E-state index in [1.165, 1.54) is 5.56 Å². The summed E-state index contributed by atoms with van der Waals surface area (Å²) in [6.07, 6.45) is 0.455. The normalized spacial score (nSPS) is 12.4. The predicted molar refractivity (Wildman–Crippen MR) is 77.9 cm³/mol. The molecule has 1 rings (SSSR count).